The maximum Gasteiger partial charge on any atom is 0.314 e. The van der Waals surface area contributed by atoms with Crippen LogP contribution in [-0.2, 0) is 26.9 Å². The van der Waals surface area contributed by atoms with Gasteiger partial charge in [-0.15, -0.1) is 0 Å². The maximum atomic E-state index is 8.74. The summed E-state index contributed by atoms with van der Waals surface area (Å²) in [5, 5.41) is 0. The smallest absolute Gasteiger partial charge is 0.314 e. The van der Waals surface area contributed by atoms with Crippen LogP contribution in [0.4, 0.5) is 0 Å². The fourth-order valence-corrected chi connectivity index (χ4v) is 0. The zero-order valence-corrected chi connectivity index (χ0v) is 5.45. The second kappa shape index (κ2) is 4.89. The SMILES string of the molecule is O=[PH](O)O.[Nb]. The summed E-state index contributed by atoms with van der Waals surface area (Å²) in [6.45, 7) is 0. The monoisotopic (exact) mass is 175 g/mol. The van der Waals surface area contributed by atoms with E-state index in [4.69, 9.17) is 14.4 Å². The van der Waals surface area contributed by atoms with Crippen molar-refractivity contribution >= 4 is 8.25 Å². The third-order valence-electron chi connectivity index (χ3n) is 0. The molecule has 0 amide bonds. The summed E-state index contributed by atoms with van der Waals surface area (Å²) < 4.78 is 8.74. The minimum absolute atomic E-state index is 0. The van der Waals surface area contributed by atoms with Gasteiger partial charge in [-0.05, 0) is 0 Å². The van der Waals surface area contributed by atoms with Crippen molar-refractivity contribution in [3.8, 4) is 0 Å². The first-order valence-electron chi connectivity index (χ1n) is 0.651. The van der Waals surface area contributed by atoms with Crippen LogP contribution in [0, 0.1) is 0 Å². The van der Waals surface area contributed by atoms with E-state index < -0.39 is 8.25 Å². The minimum Gasteiger partial charge on any atom is -0.326 e. The van der Waals surface area contributed by atoms with Crippen molar-refractivity contribution < 1.29 is 36.7 Å². The van der Waals surface area contributed by atoms with E-state index in [2.05, 4.69) is 0 Å². The molecule has 0 atom stereocenters. The number of hydrogen-bond donors (Lipinski definition) is 2. The van der Waals surface area contributed by atoms with Gasteiger partial charge >= 0.3 is 8.25 Å². The second-order valence-electron chi connectivity index (χ2n) is 0.283. The molecule has 0 aromatic rings. The molecule has 0 unspecified atom stereocenters. The predicted molar refractivity (Wildman–Crippen MR) is 13.4 cm³/mol. The molecular formula is H3NbO3P. The first kappa shape index (κ1) is 9.31. The molecule has 0 aliphatic rings. The second-order valence-corrected chi connectivity index (χ2v) is 0.848. The Kier molecular flexibility index (Phi) is 9.10. The first-order valence-corrected chi connectivity index (χ1v) is 1.95. The van der Waals surface area contributed by atoms with Crippen molar-refractivity contribution in [2.75, 3.05) is 0 Å². The van der Waals surface area contributed by atoms with Crippen LogP contribution in [0.5, 0.6) is 0 Å². The van der Waals surface area contributed by atoms with Crippen molar-refractivity contribution in [3.63, 3.8) is 0 Å². The Morgan fingerprint density at radius 1 is 1.40 bits per heavy atom. The fourth-order valence-electron chi connectivity index (χ4n) is 0. The summed E-state index contributed by atoms with van der Waals surface area (Å²) in [5.41, 5.74) is 0. The van der Waals surface area contributed by atoms with Gasteiger partial charge in [-0.3, -0.25) is 4.57 Å². The van der Waals surface area contributed by atoms with E-state index in [1.165, 1.54) is 0 Å². The molecular weight excluding hydrogens is 172 g/mol. The van der Waals surface area contributed by atoms with Crippen LogP contribution in [-0.4, -0.2) is 9.79 Å². The molecule has 0 aliphatic carbocycles. The van der Waals surface area contributed by atoms with Crippen molar-refractivity contribution in [1.82, 2.24) is 0 Å². The zero-order chi connectivity index (χ0) is 3.58. The van der Waals surface area contributed by atoms with Crippen LogP contribution in [0.1, 0.15) is 0 Å². The third-order valence-corrected chi connectivity index (χ3v) is 0. The molecule has 0 fully saturated rings. The summed E-state index contributed by atoms with van der Waals surface area (Å²) in [7, 11) is -3.13. The average Bonchev–Trinajstić information content (AvgIpc) is 0.811. The molecule has 3 nitrogen and oxygen atoms in total. The molecule has 0 spiro atoms. The molecule has 2 N–H and O–H groups in total. The van der Waals surface area contributed by atoms with Crippen LogP contribution in [0.2, 0.25) is 0 Å². The molecule has 31 valence electrons. The van der Waals surface area contributed by atoms with Gasteiger partial charge in [-0.25, -0.2) is 0 Å². The van der Waals surface area contributed by atoms with Crippen molar-refractivity contribution in [1.29, 1.82) is 0 Å². The summed E-state index contributed by atoms with van der Waals surface area (Å²) in [4.78, 5) is 14.3. The van der Waals surface area contributed by atoms with E-state index in [0.29, 0.717) is 0 Å². The largest absolute Gasteiger partial charge is 0.326 e. The standard InChI is InChI=1S/Nb.H3O3P/c;1-4(2)3/h;4H,(H2,1,2,3). The van der Waals surface area contributed by atoms with Crippen LogP contribution < -0.4 is 0 Å². The van der Waals surface area contributed by atoms with Crippen molar-refractivity contribution in [2.24, 2.45) is 0 Å². The molecule has 0 aliphatic heterocycles. The number of rotatable bonds is 0. The van der Waals surface area contributed by atoms with Crippen LogP contribution in [0.25, 0.3) is 0 Å². The molecule has 0 rings (SSSR count). The topological polar surface area (TPSA) is 57.5 Å². The number of hydrogen-bond acceptors (Lipinski definition) is 1. The summed E-state index contributed by atoms with van der Waals surface area (Å²) >= 11 is 0. The van der Waals surface area contributed by atoms with E-state index in [9.17, 15) is 0 Å². The van der Waals surface area contributed by atoms with Gasteiger partial charge in [0.1, 0.15) is 0 Å². The zero-order valence-electron chi connectivity index (χ0n) is 2.25. The van der Waals surface area contributed by atoms with Gasteiger partial charge in [0.2, 0.25) is 0 Å². The quantitative estimate of drug-likeness (QED) is 0.380. The van der Waals surface area contributed by atoms with Crippen molar-refractivity contribution in [2.45, 2.75) is 0 Å². The van der Waals surface area contributed by atoms with E-state index >= 15 is 0 Å². The fraction of sp³-hybridized carbons (Fsp3) is 0. The Morgan fingerprint density at radius 2 is 1.40 bits per heavy atom. The van der Waals surface area contributed by atoms with Crippen molar-refractivity contribution in [3.05, 3.63) is 0 Å². The summed E-state index contributed by atoms with van der Waals surface area (Å²) in [6, 6.07) is 0. The Bertz CT molecular complexity index is 29.9. The molecule has 1 radical (unpaired) electrons. The molecule has 0 aromatic carbocycles. The van der Waals surface area contributed by atoms with Gasteiger partial charge in [0, 0.05) is 22.4 Å². The molecule has 0 aromatic heterocycles. The average molecular weight is 175 g/mol. The normalized spacial score (nSPS) is 7.00. The Morgan fingerprint density at radius 3 is 1.40 bits per heavy atom. The Labute approximate surface area is 45.5 Å². The minimum atomic E-state index is -3.13. The van der Waals surface area contributed by atoms with Gasteiger partial charge in [0.05, 0.1) is 0 Å². The molecule has 0 saturated heterocycles. The van der Waals surface area contributed by atoms with E-state index in [1.807, 2.05) is 0 Å². The van der Waals surface area contributed by atoms with E-state index in [0.717, 1.165) is 0 Å². The Balaban J connectivity index is 0. The van der Waals surface area contributed by atoms with Crippen LogP contribution in [0.15, 0.2) is 0 Å². The summed E-state index contributed by atoms with van der Waals surface area (Å²) in [5.74, 6) is 0. The van der Waals surface area contributed by atoms with Gasteiger partial charge in [-0.1, -0.05) is 0 Å². The molecule has 0 heterocycles. The Hall–Kier alpha value is 0.890. The first-order chi connectivity index (χ1) is 1.73. The third kappa shape index (κ3) is 51.5. The molecule has 0 saturated carbocycles. The molecule has 0 bridgehead atoms. The van der Waals surface area contributed by atoms with Gasteiger partial charge in [-0.2, -0.15) is 0 Å². The molecule has 5 heavy (non-hydrogen) atoms. The molecule has 5 heteroatoms. The maximum absolute atomic E-state index is 8.74. The van der Waals surface area contributed by atoms with Crippen LogP contribution >= 0.6 is 8.25 Å². The predicted octanol–water partition coefficient (Wildman–Crippen LogP) is -0.642. The van der Waals surface area contributed by atoms with Gasteiger partial charge in [0.15, 0.2) is 0 Å². The van der Waals surface area contributed by atoms with E-state index in [-0.39, 0.29) is 22.4 Å². The van der Waals surface area contributed by atoms with Crippen LogP contribution in [0.3, 0.4) is 0 Å². The van der Waals surface area contributed by atoms with E-state index in [1.54, 1.807) is 0 Å². The van der Waals surface area contributed by atoms with Gasteiger partial charge < -0.3 is 9.79 Å². The van der Waals surface area contributed by atoms with Gasteiger partial charge in [0.25, 0.3) is 0 Å². The summed E-state index contributed by atoms with van der Waals surface area (Å²) in [6.07, 6.45) is 0.